The van der Waals surface area contributed by atoms with Crippen LogP contribution in [0, 0.1) is 6.92 Å². The van der Waals surface area contributed by atoms with Crippen molar-refractivity contribution < 1.29 is 0 Å². The summed E-state index contributed by atoms with van der Waals surface area (Å²) in [5, 5.41) is 0. The van der Waals surface area contributed by atoms with Gasteiger partial charge in [0, 0.05) is 0 Å². The van der Waals surface area contributed by atoms with Gasteiger partial charge in [-0.05, 0) is 38.5 Å². The second-order valence-corrected chi connectivity index (χ2v) is 4.81. The van der Waals surface area contributed by atoms with Gasteiger partial charge in [0.25, 0.3) is 0 Å². The predicted octanol–water partition coefficient (Wildman–Crippen LogP) is 6.24. The molecule has 0 atom stereocenters. The van der Waals surface area contributed by atoms with Crippen LogP contribution in [0.2, 0.25) is 0 Å². The van der Waals surface area contributed by atoms with Gasteiger partial charge in [-0.15, -0.1) is 6.58 Å². The minimum atomic E-state index is 1.10. The lowest BCUT2D eigenvalue weighted by Crippen LogP contribution is -1.77. The number of unbranched alkanes of at least 4 members (excludes halogenated alkanes) is 10. The highest BCUT2D eigenvalue weighted by atomic mass is 13.9. The summed E-state index contributed by atoms with van der Waals surface area (Å²) in [6.45, 7) is 7.60. The van der Waals surface area contributed by atoms with Gasteiger partial charge in [0.15, 0.2) is 0 Å². The number of hydrogen-bond acceptors (Lipinski definition) is 0. The number of rotatable bonds is 13. The molecule has 0 nitrogen and oxygen atoms in total. The first-order valence-electron chi connectivity index (χ1n) is 7.47. The highest BCUT2D eigenvalue weighted by Gasteiger charge is 1.88. The molecule has 0 aliphatic rings. The fourth-order valence-corrected chi connectivity index (χ4v) is 1.93. The molecule has 0 unspecified atom stereocenters. The van der Waals surface area contributed by atoms with Gasteiger partial charge in [-0.2, -0.15) is 0 Å². The first-order chi connectivity index (χ1) is 8.41. The van der Waals surface area contributed by atoms with Crippen molar-refractivity contribution in [2.24, 2.45) is 0 Å². The molecule has 0 saturated carbocycles. The fraction of sp³-hybridized carbons (Fsp3) is 0.706. The maximum absolute atomic E-state index is 3.86. The lowest BCUT2D eigenvalue weighted by molar-refractivity contribution is 0.644. The molecule has 1 radical (unpaired) electrons. The minimum absolute atomic E-state index is 1.10. The van der Waals surface area contributed by atoms with E-state index in [0.29, 0.717) is 0 Å². The summed E-state index contributed by atoms with van der Waals surface area (Å²) in [5.74, 6) is 0. The van der Waals surface area contributed by atoms with Crippen molar-refractivity contribution in [2.75, 3.05) is 0 Å². The van der Waals surface area contributed by atoms with Gasteiger partial charge >= 0.3 is 0 Å². The van der Waals surface area contributed by atoms with Crippen molar-refractivity contribution in [2.45, 2.75) is 77.0 Å². The lowest BCUT2D eigenvalue weighted by Gasteiger charge is -1.97. The van der Waals surface area contributed by atoms with Crippen molar-refractivity contribution >= 4 is 0 Å². The van der Waals surface area contributed by atoms with E-state index >= 15 is 0 Å². The molecule has 0 aromatic carbocycles. The van der Waals surface area contributed by atoms with Crippen LogP contribution >= 0.6 is 0 Å². The molecule has 0 heteroatoms. The molecular formula is C17H31. The van der Waals surface area contributed by atoms with Crippen molar-refractivity contribution in [3.8, 4) is 0 Å². The van der Waals surface area contributed by atoms with E-state index in [2.05, 4.69) is 25.7 Å². The molecule has 17 heavy (non-hydrogen) atoms. The molecule has 0 heterocycles. The Balaban J connectivity index is 3.01. The number of allylic oxidation sites excluding steroid dienone is 3. The zero-order chi connectivity index (χ0) is 12.6. The third-order valence-electron chi connectivity index (χ3n) is 3.07. The highest BCUT2D eigenvalue weighted by Crippen LogP contribution is 2.08. The monoisotopic (exact) mass is 235 g/mol. The molecule has 0 N–H and O–H groups in total. The Morgan fingerprint density at radius 1 is 0.588 bits per heavy atom. The van der Waals surface area contributed by atoms with E-state index < -0.39 is 0 Å². The second-order valence-electron chi connectivity index (χ2n) is 4.81. The third kappa shape index (κ3) is 15.5. The van der Waals surface area contributed by atoms with Crippen LogP contribution in [0.25, 0.3) is 0 Å². The molecule has 0 aromatic heterocycles. The van der Waals surface area contributed by atoms with Gasteiger partial charge in [-0.1, -0.05) is 63.7 Å². The van der Waals surface area contributed by atoms with Crippen LogP contribution in [0.4, 0.5) is 0 Å². The Kier molecular flexibility index (Phi) is 15.0. The summed E-state index contributed by atoms with van der Waals surface area (Å²) in [5.41, 5.74) is 0. The first-order valence-corrected chi connectivity index (χ1v) is 7.47. The summed E-state index contributed by atoms with van der Waals surface area (Å²) in [4.78, 5) is 0. The fourth-order valence-electron chi connectivity index (χ4n) is 1.93. The standard InChI is InChI=1S/C17H31/c1-3-5-7-9-11-13-15-17-16-14-12-10-8-6-4-2/h3,16-17H,1-2,4-15H2. The zero-order valence-corrected chi connectivity index (χ0v) is 11.6. The van der Waals surface area contributed by atoms with Gasteiger partial charge in [0.05, 0.1) is 0 Å². The van der Waals surface area contributed by atoms with Crippen molar-refractivity contribution in [1.29, 1.82) is 0 Å². The predicted molar refractivity (Wildman–Crippen MR) is 80.1 cm³/mol. The highest BCUT2D eigenvalue weighted by molar-refractivity contribution is 4.81. The normalized spacial score (nSPS) is 11.1. The minimum Gasteiger partial charge on any atom is -0.103 e. The van der Waals surface area contributed by atoms with E-state index in [1.54, 1.807) is 0 Å². The van der Waals surface area contributed by atoms with Crippen LogP contribution in [0.1, 0.15) is 77.0 Å². The first kappa shape index (κ1) is 16.5. The average Bonchev–Trinajstić information content (AvgIpc) is 2.35. The third-order valence-corrected chi connectivity index (χ3v) is 3.07. The van der Waals surface area contributed by atoms with Gasteiger partial charge in [-0.3, -0.25) is 0 Å². The average molecular weight is 235 g/mol. The van der Waals surface area contributed by atoms with Crippen LogP contribution in [0.15, 0.2) is 24.8 Å². The Morgan fingerprint density at radius 3 is 1.53 bits per heavy atom. The SMILES string of the molecule is [CH2]CCCCCCC=CCCCCCCC=C. The number of hydrogen-bond donors (Lipinski definition) is 0. The molecule has 0 rings (SSSR count). The Morgan fingerprint density at radius 2 is 1.06 bits per heavy atom. The summed E-state index contributed by atoms with van der Waals surface area (Å²) < 4.78 is 0. The Bertz CT molecular complexity index is 167. The van der Waals surface area contributed by atoms with Gasteiger partial charge in [-0.25, -0.2) is 0 Å². The van der Waals surface area contributed by atoms with E-state index in [9.17, 15) is 0 Å². The molecule has 0 aliphatic heterocycles. The Hall–Kier alpha value is -0.520. The van der Waals surface area contributed by atoms with E-state index in [-0.39, 0.29) is 0 Å². The van der Waals surface area contributed by atoms with Crippen LogP contribution in [-0.4, -0.2) is 0 Å². The summed E-state index contributed by atoms with van der Waals surface area (Å²) in [6, 6.07) is 0. The van der Waals surface area contributed by atoms with Gasteiger partial charge in [0.2, 0.25) is 0 Å². The molecule has 0 aromatic rings. The van der Waals surface area contributed by atoms with Crippen LogP contribution < -0.4 is 0 Å². The van der Waals surface area contributed by atoms with Crippen LogP contribution in [0.5, 0.6) is 0 Å². The van der Waals surface area contributed by atoms with E-state index in [1.807, 2.05) is 6.08 Å². The summed E-state index contributed by atoms with van der Waals surface area (Å²) in [6.07, 6.45) is 22.4. The Labute approximate surface area is 109 Å². The molecule has 0 bridgehead atoms. The lowest BCUT2D eigenvalue weighted by atomic mass is 10.1. The van der Waals surface area contributed by atoms with Crippen LogP contribution in [-0.2, 0) is 0 Å². The maximum Gasteiger partial charge on any atom is -0.0351 e. The van der Waals surface area contributed by atoms with Crippen molar-refractivity contribution in [1.82, 2.24) is 0 Å². The van der Waals surface area contributed by atoms with E-state index in [0.717, 1.165) is 6.42 Å². The van der Waals surface area contributed by atoms with E-state index in [1.165, 1.54) is 70.6 Å². The molecule has 0 saturated heterocycles. The zero-order valence-electron chi connectivity index (χ0n) is 11.6. The second kappa shape index (κ2) is 15.5. The maximum atomic E-state index is 3.86. The van der Waals surface area contributed by atoms with Crippen molar-refractivity contribution in [3.63, 3.8) is 0 Å². The van der Waals surface area contributed by atoms with Gasteiger partial charge in [0.1, 0.15) is 0 Å². The van der Waals surface area contributed by atoms with Crippen LogP contribution in [0.3, 0.4) is 0 Å². The van der Waals surface area contributed by atoms with Crippen molar-refractivity contribution in [3.05, 3.63) is 31.7 Å². The molecular weight excluding hydrogens is 204 g/mol. The molecule has 0 aliphatic carbocycles. The van der Waals surface area contributed by atoms with E-state index in [4.69, 9.17) is 0 Å². The molecule has 0 amide bonds. The largest absolute Gasteiger partial charge is 0.103 e. The summed E-state index contributed by atoms with van der Waals surface area (Å²) in [7, 11) is 0. The molecule has 99 valence electrons. The smallest absolute Gasteiger partial charge is 0.0351 e. The molecule has 0 fully saturated rings. The molecule has 0 spiro atoms. The summed E-state index contributed by atoms with van der Waals surface area (Å²) >= 11 is 0. The van der Waals surface area contributed by atoms with Gasteiger partial charge < -0.3 is 0 Å². The topological polar surface area (TPSA) is 0 Å². The quantitative estimate of drug-likeness (QED) is 0.262.